The van der Waals surface area contributed by atoms with E-state index >= 15 is 0 Å². The van der Waals surface area contributed by atoms with Gasteiger partial charge in [0.05, 0.1) is 22.5 Å². The highest BCUT2D eigenvalue weighted by atomic mass is 32.1. The molecule has 6 heteroatoms. The molecular weight excluding hydrogens is 344 g/mol. The van der Waals surface area contributed by atoms with Gasteiger partial charge in [-0.05, 0) is 30.7 Å². The molecule has 4 aromatic rings. The number of pyridine rings is 2. The fraction of sp³-hybridized carbons (Fsp3) is 0.100. The number of thiazole rings is 1. The Morgan fingerprint density at radius 2 is 2.04 bits per heavy atom. The van der Waals surface area contributed by atoms with Crippen LogP contribution in [0.5, 0.6) is 0 Å². The predicted molar refractivity (Wildman–Crippen MR) is 104 cm³/mol. The summed E-state index contributed by atoms with van der Waals surface area (Å²) in [5.41, 5.74) is 3.90. The minimum absolute atomic E-state index is 0.189. The number of carbonyl (C=O) groups is 1. The maximum Gasteiger partial charge on any atom is 0.258 e. The molecule has 0 radical (unpaired) electrons. The van der Waals surface area contributed by atoms with Gasteiger partial charge in [0.15, 0.2) is 5.13 Å². The molecule has 0 aliphatic rings. The van der Waals surface area contributed by atoms with E-state index < -0.39 is 0 Å². The molecule has 1 N–H and O–H groups in total. The maximum atomic E-state index is 12.9. The van der Waals surface area contributed by atoms with E-state index in [9.17, 15) is 4.79 Å². The summed E-state index contributed by atoms with van der Waals surface area (Å²) in [6.45, 7) is 2.04. The average Bonchev–Trinajstić information content (AvgIpc) is 3.15. The fourth-order valence-corrected chi connectivity index (χ4v) is 3.51. The Labute approximate surface area is 154 Å². The largest absolute Gasteiger partial charge is 0.298 e. The van der Waals surface area contributed by atoms with Crippen molar-refractivity contribution >= 4 is 33.3 Å². The van der Waals surface area contributed by atoms with Gasteiger partial charge in [-0.3, -0.25) is 15.1 Å². The number of para-hydroxylation sites is 1. The number of aromatic nitrogens is 3. The smallest absolute Gasteiger partial charge is 0.258 e. The maximum absolute atomic E-state index is 12.9. The van der Waals surface area contributed by atoms with Crippen LogP contribution in [0.15, 0.2) is 60.2 Å². The lowest BCUT2D eigenvalue weighted by Crippen LogP contribution is -2.13. The van der Waals surface area contributed by atoms with Crippen molar-refractivity contribution in [1.29, 1.82) is 0 Å². The molecule has 0 saturated carbocycles. The van der Waals surface area contributed by atoms with Gasteiger partial charge < -0.3 is 0 Å². The highest BCUT2D eigenvalue weighted by Gasteiger charge is 2.15. The van der Waals surface area contributed by atoms with Crippen molar-refractivity contribution < 1.29 is 4.79 Å². The number of fused-ring (bicyclic) bond motifs is 1. The third kappa shape index (κ3) is 3.19. The van der Waals surface area contributed by atoms with Crippen LogP contribution in [-0.2, 0) is 6.42 Å². The molecule has 5 nitrogen and oxygen atoms in total. The molecule has 0 bridgehead atoms. The van der Waals surface area contributed by atoms with E-state index in [0.29, 0.717) is 10.7 Å². The number of nitrogens with zero attached hydrogens (tertiary/aromatic N) is 3. The predicted octanol–water partition coefficient (Wildman–Crippen LogP) is 4.57. The first kappa shape index (κ1) is 16.4. The number of hydrogen-bond donors (Lipinski definition) is 1. The van der Waals surface area contributed by atoms with Crippen LogP contribution in [-0.4, -0.2) is 20.9 Å². The first-order valence-electron chi connectivity index (χ1n) is 8.30. The lowest BCUT2D eigenvalue weighted by Gasteiger charge is -2.09. The van der Waals surface area contributed by atoms with E-state index in [2.05, 4.69) is 20.3 Å². The average molecular weight is 360 g/mol. The van der Waals surface area contributed by atoms with E-state index in [-0.39, 0.29) is 5.91 Å². The van der Waals surface area contributed by atoms with E-state index in [1.165, 1.54) is 11.3 Å². The number of carbonyl (C=O) groups excluding carboxylic acids is 1. The summed E-state index contributed by atoms with van der Waals surface area (Å²) in [6.07, 6.45) is 4.30. The molecule has 0 aliphatic heterocycles. The molecule has 0 saturated heterocycles. The molecular formula is C20H16N4OS. The second kappa shape index (κ2) is 7.01. The molecule has 0 fully saturated rings. The molecule has 0 spiro atoms. The second-order valence-electron chi connectivity index (χ2n) is 5.77. The molecule has 1 aromatic carbocycles. The van der Waals surface area contributed by atoms with Gasteiger partial charge in [0, 0.05) is 28.7 Å². The van der Waals surface area contributed by atoms with Gasteiger partial charge in [-0.1, -0.05) is 25.1 Å². The van der Waals surface area contributed by atoms with Crippen molar-refractivity contribution in [1.82, 2.24) is 15.0 Å². The Morgan fingerprint density at radius 3 is 2.81 bits per heavy atom. The summed E-state index contributed by atoms with van der Waals surface area (Å²) < 4.78 is 0. The number of anilines is 1. The Hall–Kier alpha value is -3.12. The summed E-state index contributed by atoms with van der Waals surface area (Å²) >= 11 is 1.43. The van der Waals surface area contributed by atoms with Crippen LogP contribution in [0.3, 0.4) is 0 Å². The zero-order valence-corrected chi connectivity index (χ0v) is 15.0. The molecule has 0 aliphatic carbocycles. The fourth-order valence-electron chi connectivity index (χ4n) is 2.72. The van der Waals surface area contributed by atoms with Gasteiger partial charge in [-0.15, -0.1) is 11.3 Å². The zero-order chi connectivity index (χ0) is 17.9. The van der Waals surface area contributed by atoms with Gasteiger partial charge in [0.2, 0.25) is 0 Å². The summed E-state index contributed by atoms with van der Waals surface area (Å²) in [7, 11) is 0. The molecule has 3 heterocycles. The Morgan fingerprint density at radius 1 is 1.15 bits per heavy atom. The molecule has 1 amide bonds. The highest BCUT2D eigenvalue weighted by Crippen LogP contribution is 2.25. The number of hydrogen-bond acceptors (Lipinski definition) is 5. The van der Waals surface area contributed by atoms with Crippen molar-refractivity contribution in [2.24, 2.45) is 0 Å². The Bertz CT molecular complexity index is 1080. The minimum Gasteiger partial charge on any atom is -0.298 e. The van der Waals surface area contributed by atoms with Crippen molar-refractivity contribution in [3.8, 4) is 11.3 Å². The standard InChI is InChI=1S/C20H16N4OS/c1-2-14-12-26-20(22-14)24-19(25)16-10-18(13-6-5-9-21-11-13)23-17-8-4-3-7-15(16)17/h3-12H,2H2,1H3,(H,22,24,25). The van der Waals surface area contributed by atoms with E-state index in [4.69, 9.17) is 0 Å². The Kier molecular flexibility index (Phi) is 4.41. The van der Waals surface area contributed by atoms with Gasteiger partial charge >= 0.3 is 0 Å². The van der Waals surface area contributed by atoms with Crippen LogP contribution in [0.25, 0.3) is 22.2 Å². The third-order valence-corrected chi connectivity index (χ3v) is 4.86. The van der Waals surface area contributed by atoms with Crippen LogP contribution < -0.4 is 5.32 Å². The molecule has 0 unspecified atom stereocenters. The van der Waals surface area contributed by atoms with E-state index in [1.807, 2.05) is 54.8 Å². The lowest BCUT2D eigenvalue weighted by atomic mass is 10.0. The van der Waals surface area contributed by atoms with Crippen molar-refractivity contribution in [3.05, 3.63) is 71.5 Å². The van der Waals surface area contributed by atoms with E-state index in [1.54, 1.807) is 12.4 Å². The third-order valence-electron chi connectivity index (χ3n) is 4.05. The molecule has 0 atom stereocenters. The molecule has 4 rings (SSSR count). The lowest BCUT2D eigenvalue weighted by molar-refractivity contribution is 0.102. The number of benzene rings is 1. The molecule has 3 aromatic heterocycles. The van der Waals surface area contributed by atoms with Gasteiger partial charge in [-0.2, -0.15) is 0 Å². The summed E-state index contributed by atoms with van der Waals surface area (Å²) in [5.74, 6) is -0.189. The Balaban J connectivity index is 1.78. The van der Waals surface area contributed by atoms with Crippen LogP contribution >= 0.6 is 11.3 Å². The first-order valence-corrected chi connectivity index (χ1v) is 9.18. The number of amides is 1. The van der Waals surface area contributed by atoms with Crippen LogP contribution in [0, 0.1) is 0 Å². The second-order valence-corrected chi connectivity index (χ2v) is 6.62. The minimum atomic E-state index is -0.189. The quantitative estimate of drug-likeness (QED) is 0.579. The van der Waals surface area contributed by atoms with Crippen molar-refractivity contribution in [2.75, 3.05) is 5.32 Å². The summed E-state index contributed by atoms with van der Waals surface area (Å²) in [6, 6.07) is 13.2. The van der Waals surface area contributed by atoms with Crippen LogP contribution in [0.1, 0.15) is 23.0 Å². The van der Waals surface area contributed by atoms with Crippen molar-refractivity contribution in [2.45, 2.75) is 13.3 Å². The number of nitrogens with one attached hydrogen (secondary N) is 1. The zero-order valence-electron chi connectivity index (χ0n) is 14.1. The molecule has 26 heavy (non-hydrogen) atoms. The molecule has 128 valence electrons. The van der Waals surface area contributed by atoms with Crippen molar-refractivity contribution in [3.63, 3.8) is 0 Å². The van der Waals surface area contributed by atoms with Crippen LogP contribution in [0.2, 0.25) is 0 Å². The summed E-state index contributed by atoms with van der Waals surface area (Å²) in [4.78, 5) is 26.2. The topological polar surface area (TPSA) is 67.8 Å². The first-order chi connectivity index (χ1) is 12.7. The monoisotopic (exact) mass is 360 g/mol. The highest BCUT2D eigenvalue weighted by molar-refractivity contribution is 7.14. The van der Waals surface area contributed by atoms with Gasteiger partial charge in [0.25, 0.3) is 5.91 Å². The SMILES string of the molecule is CCc1csc(NC(=O)c2cc(-c3cccnc3)nc3ccccc23)n1. The number of aryl methyl sites for hydroxylation is 1. The van der Waals surface area contributed by atoms with Gasteiger partial charge in [0.1, 0.15) is 0 Å². The summed E-state index contributed by atoms with van der Waals surface area (Å²) in [5, 5.41) is 6.29. The van der Waals surface area contributed by atoms with E-state index in [0.717, 1.165) is 34.3 Å². The normalized spacial score (nSPS) is 10.8. The van der Waals surface area contributed by atoms with Gasteiger partial charge in [-0.25, -0.2) is 9.97 Å². The number of rotatable bonds is 4. The van der Waals surface area contributed by atoms with Crippen LogP contribution in [0.4, 0.5) is 5.13 Å².